The third-order valence-corrected chi connectivity index (χ3v) is 5.64. The van der Waals surface area contributed by atoms with Crippen molar-refractivity contribution < 1.29 is 19.4 Å². The molecule has 0 aliphatic carbocycles. The molecule has 3 rings (SSSR count). The molecule has 0 radical (unpaired) electrons. The molecule has 1 unspecified atom stereocenters. The summed E-state index contributed by atoms with van der Waals surface area (Å²) in [6, 6.07) is 9.75. The number of hydrogen-bond donors (Lipinski definition) is 2. The molecule has 1 atom stereocenters. The molecule has 150 valence electrons. The van der Waals surface area contributed by atoms with E-state index in [1.165, 1.54) is 24.1 Å². The van der Waals surface area contributed by atoms with Crippen molar-refractivity contribution in [3.8, 4) is 5.75 Å². The number of carbonyl (C=O) groups is 2. The van der Waals surface area contributed by atoms with Crippen LogP contribution in [0.25, 0.3) is 0 Å². The Morgan fingerprint density at radius 3 is 2.64 bits per heavy atom. The zero-order valence-electron chi connectivity index (χ0n) is 15.8. The van der Waals surface area contributed by atoms with Crippen molar-refractivity contribution in [2.24, 2.45) is 0 Å². The van der Waals surface area contributed by atoms with E-state index in [-0.39, 0.29) is 18.2 Å². The number of rotatable bonds is 7. The van der Waals surface area contributed by atoms with E-state index in [0.717, 1.165) is 19.6 Å². The predicted molar refractivity (Wildman–Crippen MR) is 107 cm³/mol. The lowest BCUT2D eigenvalue weighted by atomic mass is 10.1. The van der Waals surface area contributed by atoms with E-state index in [1.807, 2.05) is 4.90 Å². The predicted octanol–water partition coefficient (Wildman–Crippen LogP) is 1.60. The van der Waals surface area contributed by atoms with E-state index in [1.54, 1.807) is 23.5 Å². The van der Waals surface area contributed by atoms with Crippen LogP contribution in [0.4, 0.5) is 0 Å². The number of benzene rings is 1. The van der Waals surface area contributed by atoms with Gasteiger partial charge in [0.15, 0.2) is 0 Å². The summed E-state index contributed by atoms with van der Waals surface area (Å²) < 4.78 is 4.83. The number of phenols is 1. The van der Waals surface area contributed by atoms with Crippen LogP contribution >= 0.6 is 11.3 Å². The van der Waals surface area contributed by atoms with Gasteiger partial charge in [-0.15, -0.1) is 11.3 Å². The lowest BCUT2D eigenvalue weighted by Crippen LogP contribution is -2.50. The van der Waals surface area contributed by atoms with Crippen molar-refractivity contribution in [2.45, 2.75) is 12.6 Å². The number of nitrogens with one attached hydrogen (secondary N) is 1. The van der Waals surface area contributed by atoms with Crippen LogP contribution in [-0.4, -0.2) is 66.6 Å². The van der Waals surface area contributed by atoms with Gasteiger partial charge in [-0.3, -0.25) is 15.0 Å². The van der Waals surface area contributed by atoms with Gasteiger partial charge in [0.25, 0.3) is 0 Å². The number of amides is 1. The highest BCUT2D eigenvalue weighted by molar-refractivity contribution is 7.09. The van der Waals surface area contributed by atoms with E-state index in [4.69, 9.17) is 4.74 Å². The lowest BCUT2D eigenvalue weighted by Gasteiger charge is -2.34. The fourth-order valence-corrected chi connectivity index (χ4v) is 3.99. The van der Waals surface area contributed by atoms with E-state index in [2.05, 4.69) is 27.7 Å². The quantitative estimate of drug-likeness (QED) is 0.684. The van der Waals surface area contributed by atoms with Crippen LogP contribution in [0.3, 0.4) is 0 Å². The van der Waals surface area contributed by atoms with Gasteiger partial charge in [-0.05, 0) is 29.1 Å². The summed E-state index contributed by atoms with van der Waals surface area (Å²) in [5, 5.41) is 14.7. The zero-order chi connectivity index (χ0) is 19.9. The molecule has 2 heterocycles. The number of piperazine rings is 1. The Morgan fingerprint density at radius 2 is 2.00 bits per heavy atom. The van der Waals surface area contributed by atoms with Gasteiger partial charge in [0.05, 0.1) is 13.7 Å². The minimum atomic E-state index is -0.804. The lowest BCUT2D eigenvalue weighted by molar-refractivity contribution is -0.143. The van der Waals surface area contributed by atoms with Crippen LogP contribution in [0.5, 0.6) is 5.75 Å². The Bertz CT molecular complexity index is 789. The molecule has 8 heteroatoms. The number of hydrogen-bond acceptors (Lipinski definition) is 7. The maximum absolute atomic E-state index is 12.6. The Morgan fingerprint density at radius 1 is 1.21 bits per heavy atom. The largest absolute Gasteiger partial charge is 0.508 e. The third-order valence-electron chi connectivity index (χ3n) is 4.78. The summed E-state index contributed by atoms with van der Waals surface area (Å²) in [5.41, 5.74) is 0.556. The van der Waals surface area contributed by atoms with Gasteiger partial charge < -0.3 is 14.7 Å². The second-order valence-corrected chi connectivity index (χ2v) is 7.70. The van der Waals surface area contributed by atoms with Gasteiger partial charge in [0.1, 0.15) is 11.8 Å². The molecule has 1 aromatic heterocycles. The van der Waals surface area contributed by atoms with E-state index < -0.39 is 12.0 Å². The Balaban J connectivity index is 1.51. The van der Waals surface area contributed by atoms with Gasteiger partial charge in [-0.1, -0.05) is 18.2 Å². The number of thiophene rings is 1. The Labute approximate surface area is 168 Å². The number of ether oxygens (including phenoxy) is 1. The topological polar surface area (TPSA) is 82.1 Å². The number of methoxy groups -OCH3 is 1. The van der Waals surface area contributed by atoms with Crippen molar-refractivity contribution in [1.29, 1.82) is 0 Å². The van der Waals surface area contributed by atoms with Gasteiger partial charge in [0.2, 0.25) is 5.91 Å². The molecule has 0 spiro atoms. The molecular weight excluding hydrogens is 378 g/mol. The fraction of sp³-hybridized carbons (Fsp3) is 0.400. The highest BCUT2D eigenvalue weighted by Gasteiger charge is 2.25. The normalized spacial score (nSPS) is 16.0. The molecule has 2 aromatic rings. The van der Waals surface area contributed by atoms with Crippen LogP contribution in [0, 0.1) is 0 Å². The highest BCUT2D eigenvalue weighted by Crippen LogP contribution is 2.19. The molecule has 1 fully saturated rings. The Kier molecular flexibility index (Phi) is 7.02. The van der Waals surface area contributed by atoms with Gasteiger partial charge in [-0.2, -0.15) is 0 Å². The first-order valence-electron chi connectivity index (χ1n) is 9.19. The monoisotopic (exact) mass is 403 g/mol. The second-order valence-electron chi connectivity index (χ2n) is 6.67. The summed E-state index contributed by atoms with van der Waals surface area (Å²) >= 11 is 1.74. The standard InChI is InChI=1S/C20H25N3O4S/c1-27-20(26)19(15-4-2-5-16(24)12-15)21-13-18(25)23-9-7-22(8-10-23)14-17-6-3-11-28-17/h2-6,11-12,19,21,24H,7-10,13-14H2,1H3. The average Bonchev–Trinajstić information content (AvgIpc) is 3.21. The molecule has 28 heavy (non-hydrogen) atoms. The van der Waals surface area contributed by atoms with Gasteiger partial charge >= 0.3 is 5.97 Å². The highest BCUT2D eigenvalue weighted by atomic mass is 32.1. The number of carbonyl (C=O) groups excluding carboxylic acids is 2. The fourth-order valence-electron chi connectivity index (χ4n) is 3.24. The van der Waals surface area contributed by atoms with Crippen LogP contribution < -0.4 is 5.32 Å². The number of esters is 1. The minimum Gasteiger partial charge on any atom is -0.508 e. The first-order valence-corrected chi connectivity index (χ1v) is 10.1. The van der Waals surface area contributed by atoms with Crippen LogP contribution in [0.15, 0.2) is 41.8 Å². The van der Waals surface area contributed by atoms with Crippen LogP contribution in [0.1, 0.15) is 16.5 Å². The summed E-state index contributed by atoms with van der Waals surface area (Å²) in [5.74, 6) is -0.495. The number of aromatic hydroxyl groups is 1. The van der Waals surface area contributed by atoms with E-state index >= 15 is 0 Å². The summed E-state index contributed by atoms with van der Waals surface area (Å²) in [7, 11) is 1.30. The molecule has 0 bridgehead atoms. The maximum Gasteiger partial charge on any atom is 0.327 e. The smallest absolute Gasteiger partial charge is 0.327 e. The van der Waals surface area contributed by atoms with Gasteiger partial charge in [-0.25, -0.2) is 4.79 Å². The number of nitrogens with zero attached hydrogens (tertiary/aromatic N) is 2. The molecule has 0 saturated carbocycles. The van der Waals surface area contributed by atoms with E-state index in [0.29, 0.717) is 18.7 Å². The van der Waals surface area contributed by atoms with Crippen LogP contribution in [0.2, 0.25) is 0 Å². The molecule has 1 aromatic carbocycles. The molecule has 7 nitrogen and oxygen atoms in total. The molecule has 1 amide bonds. The second kappa shape index (κ2) is 9.68. The van der Waals surface area contributed by atoms with Crippen molar-refractivity contribution in [1.82, 2.24) is 15.1 Å². The first kappa shape index (κ1) is 20.3. The van der Waals surface area contributed by atoms with E-state index in [9.17, 15) is 14.7 Å². The van der Waals surface area contributed by atoms with Gasteiger partial charge in [0, 0.05) is 37.6 Å². The zero-order valence-corrected chi connectivity index (χ0v) is 16.7. The number of phenolic OH excluding ortho intramolecular Hbond substituents is 1. The SMILES string of the molecule is COC(=O)C(NCC(=O)N1CCN(Cc2cccs2)CC1)c1cccc(O)c1. The van der Waals surface area contributed by atoms with Crippen molar-refractivity contribution in [3.05, 3.63) is 52.2 Å². The molecular formula is C20H25N3O4S. The molecule has 1 aliphatic heterocycles. The van der Waals surface area contributed by atoms with Crippen molar-refractivity contribution >= 4 is 23.2 Å². The third kappa shape index (κ3) is 5.31. The summed E-state index contributed by atoms with van der Waals surface area (Å²) in [6.45, 7) is 3.94. The minimum absolute atomic E-state index is 0.0281. The Hall–Kier alpha value is -2.42. The molecule has 1 saturated heterocycles. The summed E-state index contributed by atoms with van der Waals surface area (Å²) in [4.78, 5) is 30.2. The van der Waals surface area contributed by atoms with Crippen molar-refractivity contribution in [3.63, 3.8) is 0 Å². The average molecular weight is 404 g/mol. The molecule has 1 aliphatic rings. The van der Waals surface area contributed by atoms with Crippen molar-refractivity contribution in [2.75, 3.05) is 39.8 Å². The summed E-state index contributed by atoms with van der Waals surface area (Å²) in [6.07, 6.45) is 0. The molecule has 2 N–H and O–H groups in total. The maximum atomic E-state index is 12.6. The van der Waals surface area contributed by atoms with Crippen LogP contribution in [-0.2, 0) is 20.9 Å². The first-order chi connectivity index (χ1) is 13.6.